The lowest BCUT2D eigenvalue weighted by Gasteiger charge is -2.11. The SMILES string of the molecule is c1ccc(-c2nc(-c3ccccc3)nc(-c3cccc4sc5ccc(-n6c7cnccc7c7c6ccc6c8ccccc8n(-c8ccccc8)c67)cc5c34)n2)cc1. The summed E-state index contributed by atoms with van der Waals surface area (Å²) < 4.78 is 7.17. The molecule has 0 fully saturated rings. The standard InChI is InChI=1S/C50H30N6S/c1-4-13-31(14-5-1)48-52-49(32-15-6-2-7-16-32)54-50(53-48)38-20-12-22-44-45(38)39-29-34(23-26-43(39)57-44)55-41-25-24-36-35-19-10-11-21-40(35)56(33-17-8-3-9-18-33)47(36)46(41)37-27-28-51-30-42(37)55/h1-30H. The molecule has 12 rings (SSSR count). The van der Waals surface area contributed by atoms with Crippen molar-refractivity contribution >= 4 is 75.1 Å². The maximum atomic E-state index is 5.14. The van der Waals surface area contributed by atoms with Crippen molar-refractivity contribution in [3.05, 3.63) is 182 Å². The van der Waals surface area contributed by atoms with E-state index in [1.807, 2.05) is 48.8 Å². The van der Waals surface area contributed by atoms with Crippen molar-refractivity contribution in [2.24, 2.45) is 0 Å². The van der Waals surface area contributed by atoms with E-state index in [0.29, 0.717) is 17.5 Å². The quantitative estimate of drug-likeness (QED) is 0.176. The second kappa shape index (κ2) is 12.5. The van der Waals surface area contributed by atoms with Crippen LogP contribution in [0.15, 0.2) is 182 Å². The van der Waals surface area contributed by atoms with Crippen molar-refractivity contribution in [3.63, 3.8) is 0 Å². The lowest BCUT2D eigenvalue weighted by atomic mass is 10.0. The van der Waals surface area contributed by atoms with Gasteiger partial charge in [0.2, 0.25) is 0 Å². The first kappa shape index (κ1) is 31.8. The molecule has 7 heteroatoms. The molecule has 266 valence electrons. The predicted molar refractivity (Wildman–Crippen MR) is 235 cm³/mol. The molecule has 0 aliphatic heterocycles. The van der Waals surface area contributed by atoms with E-state index < -0.39 is 0 Å². The molecule has 0 spiro atoms. The second-order valence-corrected chi connectivity index (χ2v) is 15.4. The van der Waals surface area contributed by atoms with Crippen molar-refractivity contribution in [1.82, 2.24) is 29.1 Å². The second-order valence-electron chi connectivity index (χ2n) is 14.3. The highest BCUT2D eigenvalue weighted by molar-refractivity contribution is 7.26. The van der Waals surface area contributed by atoms with Gasteiger partial charge in [-0.1, -0.05) is 115 Å². The summed E-state index contributed by atoms with van der Waals surface area (Å²) in [4.78, 5) is 19.9. The summed E-state index contributed by atoms with van der Waals surface area (Å²) in [5.41, 5.74) is 9.63. The molecule has 6 nitrogen and oxygen atoms in total. The van der Waals surface area contributed by atoms with Gasteiger partial charge in [0.1, 0.15) is 0 Å². The van der Waals surface area contributed by atoms with E-state index in [0.717, 1.165) is 55.3 Å². The van der Waals surface area contributed by atoms with Crippen LogP contribution in [0.3, 0.4) is 0 Å². The van der Waals surface area contributed by atoms with Crippen LogP contribution in [0.4, 0.5) is 0 Å². The largest absolute Gasteiger partial charge is 0.309 e. The Labute approximate surface area is 330 Å². The zero-order valence-electron chi connectivity index (χ0n) is 30.4. The summed E-state index contributed by atoms with van der Waals surface area (Å²) in [6.07, 6.45) is 3.91. The molecule has 7 aromatic carbocycles. The van der Waals surface area contributed by atoms with E-state index in [1.54, 1.807) is 11.3 Å². The third-order valence-electron chi connectivity index (χ3n) is 11.1. The Morgan fingerprint density at radius 3 is 1.88 bits per heavy atom. The molecule has 0 N–H and O–H groups in total. The van der Waals surface area contributed by atoms with Crippen LogP contribution in [0.1, 0.15) is 0 Å². The molecule has 0 radical (unpaired) electrons. The minimum absolute atomic E-state index is 0.647. The van der Waals surface area contributed by atoms with Crippen LogP contribution in [0, 0.1) is 0 Å². The number of aromatic nitrogens is 6. The molecule has 0 unspecified atom stereocenters. The Morgan fingerprint density at radius 1 is 0.404 bits per heavy atom. The molecule has 0 aliphatic carbocycles. The van der Waals surface area contributed by atoms with Gasteiger partial charge in [0.15, 0.2) is 17.5 Å². The summed E-state index contributed by atoms with van der Waals surface area (Å²) in [5.74, 6) is 1.94. The monoisotopic (exact) mass is 746 g/mol. The molecule has 5 heterocycles. The van der Waals surface area contributed by atoms with Gasteiger partial charge in [0.25, 0.3) is 0 Å². The fourth-order valence-corrected chi connectivity index (χ4v) is 9.71. The molecular weight excluding hydrogens is 717 g/mol. The van der Waals surface area contributed by atoms with Gasteiger partial charge < -0.3 is 9.13 Å². The van der Waals surface area contributed by atoms with Crippen molar-refractivity contribution in [1.29, 1.82) is 0 Å². The highest BCUT2D eigenvalue weighted by Crippen LogP contribution is 2.44. The lowest BCUT2D eigenvalue weighted by Crippen LogP contribution is -2.00. The summed E-state index contributed by atoms with van der Waals surface area (Å²) in [5, 5.41) is 7.11. The van der Waals surface area contributed by atoms with Gasteiger partial charge in [-0.2, -0.15) is 0 Å². The number of thiophene rings is 1. The van der Waals surface area contributed by atoms with Gasteiger partial charge in [-0.15, -0.1) is 11.3 Å². The van der Waals surface area contributed by atoms with Crippen LogP contribution in [-0.2, 0) is 0 Å². The van der Waals surface area contributed by atoms with Gasteiger partial charge in [-0.3, -0.25) is 4.98 Å². The smallest absolute Gasteiger partial charge is 0.164 e. The number of pyridine rings is 1. The van der Waals surface area contributed by atoms with E-state index in [2.05, 4.69) is 148 Å². The van der Waals surface area contributed by atoms with Crippen LogP contribution in [0.25, 0.3) is 109 Å². The van der Waals surface area contributed by atoms with Crippen LogP contribution in [-0.4, -0.2) is 29.1 Å². The van der Waals surface area contributed by atoms with Gasteiger partial charge in [0, 0.05) is 76.0 Å². The molecule has 0 bridgehead atoms. The topological polar surface area (TPSA) is 61.4 Å². The zero-order chi connectivity index (χ0) is 37.5. The van der Waals surface area contributed by atoms with Crippen molar-refractivity contribution in [3.8, 4) is 45.5 Å². The molecule has 0 saturated carbocycles. The summed E-state index contributed by atoms with van der Waals surface area (Å²) in [6.45, 7) is 0. The van der Waals surface area contributed by atoms with Crippen LogP contribution in [0.5, 0.6) is 0 Å². The van der Waals surface area contributed by atoms with E-state index in [9.17, 15) is 0 Å². The Morgan fingerprint density at radius 2 is 1.11 bits per heavy atom. The number of para-hydroxylation sites is 2. The van der Waals surface area contributed by atoms with E-state index in [4.69, 9.17) is 15.0 Å². The van der Waals surface area contributed by atoms with Crippen molar-refractivity contribution in [2.45, 2.75) is 0 Å². The maximum absolute atomic E-state index is 5.14. The fraction of sp³-hybridized carbons (Fsp3) is 0. The highest BCUT2D eigenvalue weighted by Gasteiger charge is 2.22. The third-order valence-corrected chi connectivity index (χ3v) is 12.2. The Hall–Kier alpha value is -7.48. The third kappa shape index (κ3) is 4.89. The van der Waals surface area contributed by atoms with Gasteiger partial charge in [-0.25, -0.2) is 15.0 Å². The number of rotatable bonds is 5. The molecule has 0 atom stereocenters. The van der Waals surface area contributed by atoms with Crippen molar-refractivity contribution in [2.75, 3.05) is 0 Å². The first-order chi connectivity index (χ1) is 28.3. The number of benzene rings is 7. The minimum Gasteiger partial charge on any atom is -0.309 e. The van der Waals surface area contributed by atoms with E-state index in [1.165, 1.54) is 36.6 Å². The average molecular weight is 747 g/mol. The molecule has 0 saturated heterocycles. The molecule has 0 aliphatic rings. The normalized spacial score (nSPS) is 11.9. The van der Waals surface area contributed by atoms with E-state index >= 15 is 0 Å². The Kier molecular flexibility index (Phi) is 7.00. The van der Waals surface area contributed by atoms with Gasteiger partial charge in [-0.05, 0) is 54.6 Å². The number of nitrogens with zero attached hydrogens (tertiary/aromatic N) is 6. The summed E-state index contributed by atoms with van der Waals surface area (Å²) in [6, 6.07) is 59.7. The Balaban J connectivity index is 1.13. The van der Waals surface area contributed by atoms with Crippen LogP contribution in [0.2, 0.25) is 0 Å². The summed E-state index contributed by atoms with van der Waals surface area (Å²) in [7, 11) is 0. The number of fused-ring (bicyclic) bond motifs is 10. The lowest BCUT2D eigenvalue weighted by molar-refractivity contribution is 1.08. The molecular formula is C50H30N6S. The van der Waals surface area contributed by atoms with Crippen molar-refractivity contribution < 1.29 is 0 Å². The molecule has 57 heavy (non-hydrogen) atoms. The van der Waals surface area contributed by atoms with Gasteiger partial charge >= 0.3 is 0 Å². The van der Waals surface area contributed by atoms with Crippen LogP contribution < -0.4 is 0 Å². The average Bonchev–Trinajstić information content (AvgIpc) is 3.94. The first-order valence-corrected chi connectivity index (χ1v) is 19.8. The van der Waals surface area contributed by atoms with Gasteiger partial charge in [0.05, 0.1) is 28.3 Å². The number of hydrogen-bond donors (Lipinski definition) is 0. The minimum atomic E-state index is 0.647. The number of hydrogen-bond acceptors (Lipinski definition) is 5. The first-order valence-electron chi connectivity index (χ1n) is 19.0. The predicted octanol–water partition coefficient (Wildman–Crippen LogP) is 12.8. The van der Waals surface area contributed by atoms with Crippen LogP contribution >= 0.6 is 11.3 Å². The highest BCUT2D eigenvalue weighted by atomic mass is 32.1. The van der Waals surface area contributed by atoms with E-state index in [-0.39, 0.29) is 0 Å². The molecule has 12 aromatic rings. The zero-order valence-corrected chi connectivity index (χ0v) is 31.2. The molecule has 5 aromatic heterocycles. The maximum Gasteiger partial charge on any atom is 0.164 e. The Bertz CT molecular complexity index is 3460. The molecule has 0 amide bonds. The fourth-order valence-electron chi connectivity index (χ4n) is 8.60. The summed E-state index contributed by atoms with van der Waals surface area (Å²) >= 11 is 1.79.